The molecule has 0 aliphatic heterocycles. The lowest BCUT2D eigenvalue weighted by Gasteiger charge is -2.10. The fourth-order valence-electron chi connectivity index (χ4n) is 1.66. The van der Waals surface area contributed by atoms with Gasteiger partial charge in [-0.2, -0.15) is 0 Å². The Morgan fingerprint density at radius 2 is 1.90 bits per heavy atom. The summed E-state index contributed by atoms with van der Waals surface area (Å²) in [6, 6.07) is 5.66. The van der Waals surface area contributed by atoms with Gasteiger partial charge in [-0.1, -0.05) is 11.2 Å². The lowest BCUT2D eigenvalue weighted by molar-refractivity contribution is -0.115. The molecule has 0 unspecified atom stereocenters. The number of carbonyl (C=O) groups excluding carboxylic acids is 1. The smallest absolute Gasteiger partial charge is 0.268 e. The average Bonchev–Trinajstić information content (AvgIpc) is 2.47. The number of hydrogen-bond donors (Lipinski definition) is 1. The molecule has 0 aliphatic carbocycles. The lowest BCUT2D eigenvalue weighted by atomic mass is 10.1. The van der Waals surface area contributed by atoms with Crippen molar-refractivity contribution in [2.45, 2.75) is 13.3 Å². The van der Waals surface area contributed by atoms with Gasteiger partial charge in [-0.3, -0.25) is 4.79 Å². The molecule has 1 aromatic rings. The van der Waals surface area contributed by atoms with Crippen molar-refractivity contribution in [3.63, 3.8) is 0 Å². The SMILES string of the molecule is CO/N=C(/C)C(=O)NCCc1ccc(OC)c(OC)c1. The zero-order valence-electron chi connectivity index (χ0n) is 12.2. The van der Waals surface area contributed by atoms with Crippen molar-refractivity contribution in [1.29, 1.82) is 0 Å². The van der Waals surface area contributed by atoms with E-state index in [1.54, 1.807) is 21.1 Å². The minimum absolute atomic E-state index is 0.243. The molecule has 1 aromatic carbocycles. The van der Waals surface area contributed by atoms with Crippen molar-refractivity contribution >= 4 is 11.6 Å². The zero-order valence-corrected chi connectivity index (χ0v) is 12.2. The maximum Gasteiger partial charge on any atom is 0.268 e. The molecule has 0 spiro atoms. The molecule has 0 atom stereocenters. The second kappa shape index (κ2) is 8.04. The lowest BCUT2D eigenvalue weighted by Crippen LogP contribution is -2.31. The zero-order chi connectivity index (χ0) is 15.0. The molecule has 0 aliphatic rings. The highest BCUT2D eigenvalue weighted by atomic mass is 16.6. The number of ether oxygens (including phenoxy) is 2. The van der Waals surface area contributed by atoms with E-state index in [1.165, 1.54) is 7.11 Å². The van der Waals surface area contributed by atoms with E-state index in [2.05, 4.69) is 15.3 Å². The molecule has 20 heavy (non-hydrogen) atoms. The van der Waals surface area contributed by atoms with Crippen LogP contribution in [-0.4, -0.2) is 39.5 Å². The summed E-state index contributed by atoms with van der Waals surface area (Å²) in [5.74, 6) is 1.11. The van der Waals surface area contributed by atoms with Crippen LogP contribution < -0.4 is 14.8 Å². The first kappa shape index (κ1) is 15.8. The number of amides is 1. The molecule has 0 bridgehead atoms. The van der Waals surface area contributed by atoms with Crippen LogP contribution in [0.5, 0.6) is 11.5 Å². The first-order valence-electron chi connectivity index (χ1n) is 6.19. The minimum Gasteiger partial charge on any atom is -0.493 e. The third-order valence-electron chi connectivity index (χ3n) is 2.70. The molecule has 6 nitrogen and oxygen atoms in total. The average molecular weight is 280 g/mol. The summed E-state index contributed by atoms with van der Waals surface area (Å²) in [6.45, 7) is 2.10. The minimum atomic E-state index is -0.243. The van der Waals surface area contributed by atoms with E-state index < -0.39 is 0 Å². The van der Waals surface area contributed by atoms with Crippen LogP contribution in [0.15, 0.2) is 23.4 Å². The molecule has 6 heteroatoms. The van der Waals surface area contributed by atoms with Crippen LogP contribution in [0.25, 0.3) is 0 Å². The van der Waals surface area contributed by atoms with E-state index in [0.29, 0.717) is 30.2 Å². The number of benzene rings is 1. The van der Waals surface area contributed by atoms with Crippen molar-refractivity contribution in [3.05, 3.63) is 23.8 Å². The van der Waals surface area contributed by atoms with Crippen LogP contribution in [0.3, 0.4) is 0 Å². The standard InChI is InChI=1S/C14H20N2O4/c1-10(16-20-4)14(17)15-8-7-11-5-6-12(18-2)13(9-11)19-3/h5-6,9H,7-8H2,1-4H3,(H,15,17)/b16-10-. The van der Waals surface area contributed by atoms with E-state index in [1.807, 2.05) is 18.2 Å². The van der Waals surface area contributed by atoms with Crippen LogP contribution >= 0.6 is 0 Å². The second-order valence-corrected chi connectivity index (χ2v) is 4.05. The van der Waals surface area contributed by atoms with Crippen LogP contribution in [0.4, 0.5) is 0 Å². The Hall–Kier alpha value is -2.24. The van der Waals surface area contributed by atoms with Crippen molar-refractivity contribution in [3.8, 4) is 11.5 Å². The fraction of sp³-hybridized carbons (Fsp3) is 0.429. The Balaban J connectivity index is 2.54. The van der Waals surface area contributed by atoms with Crippen LogP contribution in [0, 0.1) is 0 Å². The van der Waals surface area contributed by atoms with Gasteiger partial charge in [0.15, 0.2) is 11.5 Å². The van der Waals surface area contributed by atoms with Crippen LogP contribution in [0.2, 0.25) is 0 Å². The first-order valence-corrected chi connectivity index (χ1v) is 6.19. The molecule has 0 saturated carbocycles. The molecular weight excluding hydrogens is 260 g/mol. The first-order chi connectivity index (χ1) is 9.62. The summed E-state index contributed by atoms with van der Waals surface area (Å²) in [5.41, 5.74) is 1.34. The fourth-order valence-corrected chi connectivity index (χ4v) is 1.66. The third-order valence-corrected chi connectivity index (χ3v) is 2.70. The number of oxime groups is 1. The van der Waals surface area contributed by atoms with E-state index in [-0.39, 0.29) is 5.91 Å². The molecule has 0 heterocycles. The summed E-state index contributed by atoms with van der Waals surface area (Å²) in [5, 5.41) is 6.33. The highest BCUT2D eigenvalue weighted by Gasteiger charge is 2.07. The molecule has 0 aromatic heterocycles. The monoisotopic (exact) mass is 280 g/mol. The van der Waals surface area contributed by atoms with Crippen LogP contribution in [-0.2, 0) is 16.1 Å². The summed E-state index contributed by atoms with van der Waals surface area (Å²) in [7, 11) is 4.59. The maximum absolute atomic E-state index is 11.6. The van der Waals surface area contributed by atoms with Crippen molar-refractivity contribution in [2.75, 3.05) is 27.9 Å². The van der Waals surface area contributed by atoms with E-state index in [9.17, 15) is 4.79 Å². The number of hydrogen-bond acceptors (Lipinski definition) is 5. The number of nitrogens with zero attached hydrogens (tertiary/aromatic N) is 1. The Labute approximate surface area is 118 Å². The van der Waals surface area contributed by atoms with Crippen molar-refractivity contribution < 1.29 is 19.1 Å². The van der Waals surface area contributed by atoms with Crippen molar-refractivity contribution in [2.24, 2.45) is 5.16 Å². The van der Waals surface area contributed by atoms with E-state index >= 15 is 0 Å². The number of carbonyl (C=O) groups is 1. The molecular formula is C14H20N2O4. The van der Waals surface area contributed by atoms with Gasteiger partial charge in [0.1, 0.15) is 12.8 Å². The van der Waals surface area contributed by atoms with Crippen molar-refractivity contribution in [1.82, 2.24) is 5.32 Å². The predicted molar refractivity (Wildman–Crippen MR) is 76.4 cm³/mol. The van der Waals surface area contributed by atoms with Crippen LogP contribution in [0.1, 0.15) is 12.5 Å². The number of rotatable bonds is 7. The van der Waals surface area contributed by atoms with Gasteiger partial charge in [-0.15, -0.1) is 0 Å². The molecule has 0 saturated heterocycles. The van der Waals surface area contributed by atoms with Gasteiger partial charge in [-0.05, 0) is 31.0 Å². The Kier molecular flexibility index (Phi) is 6.36. The van der Waals surface area contributed by atoms with Gasteiger partial charge in [0.2, 0.25) is 0 Å². The molecule has 1 rings (SSSR count). The Morgan fingerprint density at radius 1 is 1.20 bits per heavy atom. The second-order valence-electron chi connectivity index (χ2n) is 4.05. The van der Waals surface area contributed by atoms with Gasteiger partial charge in [0.25, 0.3) is 5.91 Å². The van der Waals surface area contributed by atoms with Gasteiger partial charge in [-0.25, -0.2) is 0 Å². The summed E-state index contributed by atoms with van der Waals surface area (Å²) < 4.78 is 10.4. The topological polar surface area (TPSA) is 69.2 Å². The quantitative estimate of drug-likeness (QED) is 0.605. The highest BCUT2D eigenvalue weighted by Crippen LogP contribution is 2.27. The molecule has 0 fully saturated rings. The highest BCUT2D eigenvalue weighted by molar-refractivity contribution is 6.37. The Morgan fingerprint density at radius 3 is 2.50 bits per heavy atom. The summed E-state index contributed by atoms with van der Waals surface area (Å²) in [6.07, 6.45) is 0.687. The normalized spacial score (nSPS) is 10.9. The van der Waals surface area contributed by atoms with Gasteiger partial charge >= 0.3 is 0 Å². The van der Waals surface area contributed by atoms with Gasteiger partial charge in [0, 0.05) is 6.54 Å². The largest absolute Gasteiger partial charge is 0.493 e. The van der Waals surface area contributed by atoms with E-state index in [0.717, 1.165) is 5.56 Å². The Bertz CT molecular complexity index is 486. The summed E-state index contributed by atoms with van der Waals surface area (Å²) in [4.78, 5) is 16.1. The molecule has 1 amide bonds. The number of nitrogens with one attached hydrogen (secondary N) is 1. The van der Waals surface area contributed by atoms with Gasteiger partial charge < -0.3 is 19.6 Å². The maximum atomic E-state index is 11.6. The molecule has 110 valence electrons. The molecule has 1 N–H and O–H groups in total. The van der Waals surface area contributed by atoms with Gasteiger partial charge in [0.05, 0.1) is 14.2 Å². The summed E-state index contributed by atoms with van der Waals surface area (Å²) >= 11 is 0. The van der Waals surface area contributed by atoms with E-state index in [4.69, 9.17) is 9.47 Å². The molecule has 0 radical (unpaired) electrons. The predicted octanol–water partition coefficient (Wildman–Crippen LogP) is 1.38. The third kappa shape index (κ3) is 4.46. The number of methoxy groups -OCH3 is 2.